The Hall–Kier alpha value is -9.28. The van der Waals surface area contributed by atoms with E-state index < -0.39 is 52.5 Å². The van der Waals surface area contributed by atoms with Gasteiger partial charge in [0.2, 0.25) is 0 Å². The van der Waals surface area contributed by atoms with Crippen LogP contribution >= 0.6 is 0 Å². The zero-order valence-electron chi connectivity index (χ0n) is 39.6. The molecule has 16 heteroatoms. The third kappa shape index (κ3) is 8.65. The smallest absolute Gasteiger partial charge is 0.309 e. The van der Waals surface area contributed by atoms with Crippen molar-refractivity contribution in [2.75, 3.05) is 0 Å². The molecule has 0 saturated heterocycles. The number of aromatic nitrogens is 2. The molecule has 0 aliphatic rings. The van der Waals surface area contributed by atoms with Crippen LogP contribution in [0.5, 0.6) is 0 Å². The molecular weight excluding hydrogens is 1020 g/mol. The van der Waals surface area contributed by atoms with Gasteiger partial charge >= 0.3 is 24.7 Å². The molecule has 77 heavy (non-hydrogen) atoms. The van der Waals surface area contributed by atoms with Crippen LogP contribution in [0.4, 0.5) is 64.1 Å². The summed E-state index contributed by atoms with van der Waals surface area (Å²) >= 11 is 0. The van der Waals surface area contributed by atoms with Crippen LogP contribution in [-0.4, -0.2) is 9.13 Å². The summed E-state index contributed by atoms with van der Waals surface area (Å²) < 4.78 is 174. The molecule has 2 heterocycles. The zero-order valence-corrected chi connectivity index (χ0v) is 39.6. The Bertz CT molecular complexity index is 4330. The molecule has 0 saturated carbocycles. The van der Waals surface area contributed by atoms with Gasteiger partial charge in [0.25, 0.3) is 0 Å². The quantitative estimate of drug-likeness (QED) is 0.117. The minimum Gasteiger partial charge on any atom is -0.309 e. The molecule has 0 spiro atoms. The normalized spacial score (nSPS) is 12.5. The van der Waals surface area contributed by atoms with Gasteiger partial charge in [-0.25, -0.2) is 9.69 Å². The second-order valence-corrected chi connectivity index (χ2v) is 18.4. The van der Waals surface area contributed by atoms with Crippen LogP contribution in [-0.2, 0) is 24.7 Å². The highest BCUT2D eigenvalue weighted by atomic mass is 19.4. The van der Waals surface area contributed by atoms with Crippen molar-refractivity contribution in [2.45, 2.75) is 31.6 Å². The monoisotopic (exact) mass is 1050 g/mol. The van der Waals surface area contributed by atoms with E-state index in [1.54, 1.807) is 110 Å². The van der Waals surface area contributed by atoms with Gasteiger partial charge in [-0.3, -0.25) is 0 Å². The maximum atomic E-state index is 14.5. The van der Waals surface area contributed by atoms with Crippen LogP contribution in [0.25, 0.3) is 109 Å². The van der Waals surface area contributed by atoms with Crippen molar-refractivity contribution < 1.29 is 52.7 Å². The first-order chi connectivity index (χ1) is 36.5. The molecule has 9 aromatic carbocycles. The van der Waals surface area contributed by atoms with E-state index in [9.17, 15) is 52.7 Å². The molecule has 2 aromatic heterocycles. The zero-order chi connectivity index (χ0) is 54.5. The maximum Gasteiger partial charge on any atom is 0.417 e. The van der Waals surface area contributed by atoms with Gasteiger partial charge in [0.05, 0.1) is 57.6 Å². The standard InChI is InChI=1S/C61H32F12N4/c1-33-12-19-40(49(26-33)60(68,69)70)34-14-24-56-47(28-34)44-9-5-7-11-54(44)77(56)57-25-15-36(42-21-17-38(59(65,66)67)31-52(42)75-3)29-48(57)45-32-39(18-22-51(45)74-2)76-53-10-6-4-8-43(53)46-27-35(13-23-55(46)76)41-20-16-37(58(62,63)64)30-50(41)61(71,72)73/h4-32H,1H3. The van der Waals surface area contributed by atoms with Crippen LogP contribution in [0.1, 0.15) is 27.8 Å². The van der Waals surface area contributed by atoms with Gasteiger partial charge in [0.1, 0.15) is 0 Å². The highest BCUT2D eigenvalue weighted by Crippen LogP contribution is 2.48. The molecule has 0 bridgehead atoms. The van der Waals surface area contributed by atoms with Crippen LogP contribution in [0.3, 0.4) is 0 Å². The van der Waals surface area contributed by atoms with Crippen molar-refractivity contribution in [3.63, 3.8) is 0 Å². The van der Waals surface area contributed by atoms with Gasteiger partial charge in [0.15, 0.2) is 11.4 Å². The minimum absolute atomic E-state index is 0.00745. The summed E-state index contributed by atoms with van der Waals surface area (Å²) in [5.41, 5.74) is -0.653. The lowest BCUT2D eigenvalue weighted by atomic mass is 9.94. The Morgan fingerprint density at radius 1 is 0.351 bits per heavy atom. The summed E-state index contributed by atoms with van der Waals surface area (Å²) in [6, 6.07) is 41.7. The van der Waals surface area contributed by atoms with Crippen LogP contribution in [0.2, 0.25) is 0 Å². The second kappa shape index (κ2) is 17.9. The van der Waals surface area contributed by atoms with E-state index in [2.05, 4.69) is 9.69 Å². The average molecular weight is 1050 g/mol. The lowest BCUT2D eigenvalue weighted by Crippen LogP contribution is -2.12. The van der Waals surface area contributed by atoms with Gasteiger partial charge in [-0.05, 0) is 136 Å². The van der Waals surface area contributed by atoms with Crippen LogP contribution < -0.4 is 0 Å². The average Bonchev–Trinajstić information content (AvgIpc) is 3.98. The fourth-order valence-corrected chi connectivity index (χ4v) is 10.3. The molecule has 0 amide bonds. The molecule has 0 N–H and O–H groups in total. The fourth-order valence-electron chi connectivity index (χ4n) is 10.3. The number of fused-ring (bicyclic) bond motifs is 6. The van der Waals surface area contributed by atoms with Crippen molar-refractivity contribution in [3.8, 4) is 55.9 Å². The molecule has 0 fully saturated rings. The summed E-state index contributed by atoms with van der Waals surface area (Å²) in [4.78, 5) is 7.35. The summed E-state index contributed by atoms with van der Waals surface area (Å²) in [7, 11) is 0. The minimum atomic E-state index is -5.15. The molecule has 0 aliphatic carbocycles. The predicted octanol–water partition coefficient (Wildman–Crippen LogP) is 20.0. The fraction of sp³-hybridized carbons (Fsp3) is 0.0820. The van der Waals surface area contributed by atoms with Gasteiger partial charge in [-0.15, -0.1) is 0 Å². The molecule has 0 aliphatic heterocycles. The van der Waals surface area contributed by atoms with Gasteiger partial charge in [-0.1, -0.05) is 96.6 Å². The summed E-state index contributed by atoms with van der Waals surface area (Å²) in [6.45, 7) is 17.9. The van der Waals surface area contributed by atoms with Crippen molar-refractivity contribution >= 4 is 55.0 Å². The Balaban J connectivity index is 1.16. The number of alkyl halides is 12. The number of hydrogen-bond donors (Lipinski definition) is 0. The highest BCUT2D eigenvalue weighted by Gasteiger charge is 2.39. The first kappa shape index (κ1) is 49.9. The number of nitrogens with zero attached hydrogens (tertiary/aromatic N) is 4. The van der Waals surface area contributed by atoms with E-state index in [0.717, 1.165) is 24.3 Å². The number of para-hydroxylation sites is 2. The molecule has 0 atom stereocenters. The van der Waals surface area contributed by atoms with Gasteiger partial charge in [-0.2, -0.15) is 52.7 Å². The molecule has 380 valence electrons. The SMILES string of the molecule is [C-]#[N+]c1cc(C(F)(F)F)ccc1-c1ccc(-n2c3ccccc3c3cc(-c4ccc(C)cc4C(F)(F)F)ccc32)c(-c2cc(-n3c4ccccc4c4cc(-c5ccc(C(F)(F)F)cc5C(F)(F)F)ccc43)ccc2[N+]#[C-])c1. The molecular formula is C61H32F12N4. The number of rotatable bonds is 6. The Labute approximate surface area is 429 Å². The number of halogens is 12. The Morgan fingerprint density at radius 2 is 0.831 bits per heavy atom. The molecule has 11 rings (SSSR count). The number of benzene rings is 9. The van der Waals surface area contributed by atoms with E-state index in [4.69, 9.17) is 13.1 Å². The molecule has 0 unspecified atom stereocenters. The molecule has 4 nitrogen and oxygen atoms in total. The predicted molar refractivity (Wildman–Crippen MR) is 274 cm³/mol. The van der Waals surface area contributed by atoms with Crippen molar-refractivity contribution in [3.05, 3.63) is 227 Å². The van der Waals surface area contributed by atoms with Crippen molar-refractivity contribution in [1.29, 1.82) is 0 Å². The topological polar surface area (TPSA) is 18.6 Å². The van der Waals surface area contributed by atoms with Crippen molar-refractivity contribution in [2.24, 2.45) is 0 Å². The number of aryl methyl sites for hydroxylation is 1. The van der Waals surface area contributed by atoms with E-state index in [1.807, 2.05) is 21.3 Å². The summed E-state index contributed by atoms with van der Waals surface area (Å²) in [5.74, 6) is 0. The van der Waals surface area contributed by atoms with E-state index in [-0.39, 0.29) is 34.1 Å². The Morgan fingerprint density at radius 3 is 1.40 bits per heavy atom. The lowest BCUT2D eigenvalue weighted by Gasteiger charge is -2.19. The molecule has 11 aromatic rings. The lowest BCUT2D eigenvalue weighted by molar-refractivity contribution is -0.143. The third-order valence-corrected chi connectivity index (χ3v) is 13.7. The van der Waals surface area contributed by atoms with E-state index in [0.29, 0.717) is 88.9 Å². The first-order valence-electron chi connectivity index (χ1n) is 23.3. The maximum absolute atomic E-state index is 14.5. The largest absolute Gasteiger partial charge is 0.417 e. The third-order valence-electron chi connectivity index (χ3n) is 13.7. The van der Waals surface area contributed by atoms with E-state index in [1.165, 1.54) is 24.3 Å². The van der Waals surface area contributed by atoms with Crippen LogP contribution in [0.15, 0.2) is 176 Å². The summed E-state index contributed by atoms with van der Waals surface area (Å²) in [5, 5.41) is 2.23. The number of hydrogen-bond acceptors (Lipinski definition) is 0. The highest BCUT2D eigenvalue weighted by molar-refractivity contribution is 6.12. The van der Waals surface area contributed by atoms with Crippen molar-refractivity contribution in [1.82, 2.24) is 9.13 Å². The van der Waals surface area contributed by atoms with E-state index >= 15 is 0 Å². The first-order valence-corrected chi connectivity index (χ1v) is 23.3. The second-order valence-electron chi connectivity index (χ2n) is 18.4. The van der Waals surface area contributed by atoms with Gasteiger partial charge < -0.3 is 9.13 Å². The van der Waals surface area contributed by atoms with Crippen LogP contribution in [0, 0.1) is 20.1 Å². The van der Waals surface area contributed by atoms with Gasteiger partial charge in [0, 0.05) is 32.8 Å². The Kier molecular flexibility index (Phi) is 11.6. The molecule has 0 radical (unpaired) electrons. The summed E-state index contributed by atoms with van der Waals surface area (Å²) in [6.07, 6.45) is -19.6.